The fourth-order valence-electron chi connectivity index (χ4n) is 2.43. The molecule has 1 aromatic carbocycles. The van der Waals surface area contributed by atoms with E-state index in [9.17, 15) is 0 Å². The van der Waals surface area contributed by atoms with Gasteiger partial charge in [-0.2, -0.15) is 0 Å². The Morgan fingerprint density at radius 1 is 1.06 bits per heavy atom. The molecule has 1 unspecified atom stereocenters. The molecule has 0 saturated carbocycles. The summed E-state index contributed by atoms with van der Waals surface area (Å²) in [6.45, 7) is 10.9. The van der Waals surface area contributed by atoms with Gasteiger partial charge in [0.25, 0.3) is 0 Å². The van der Waals surface area contributed by atoms with Gasteiger partial charge in [0.15, 0.2) is 0 Å². The molecule has 2 heteroatoms. The van der Waals surface area contributed by atoms with E-state index in [-0.39, 0.29) is 0 Å². The zero-order chi connectivity index (χ0) is 13.5. The Bertz CT molecular complexity index is 319. The van der Waals surface area contributed by atoms with Gasteiger partial charge in [-0.25, -0.2) is 0 Å². The lowest BCUT2D eigenvalue weighted by atomic mass is 10.0. The molecule has 18 heavy (non-hydrogen) atoms. The normalized spacial score (nSPS) is 13.6. The Hall–Kier alpha value is -0.860. The highest BCUT2D eigenvalue weighted by molar-refractivity contribution is 5.16. The molecule has 1 atom stereocenters. The maximum absolute atomic E-state index is 5.99. The number of nitrogens with two attached hydrogens (primary N) is 1. The smallest absolute Gasteiger partial charge is 0.0261 e. The van der Waals surface area contributed by atoms with Gasteiger partial charge in [-0.1, -0.05) is 44.2 Å². The number of nitrogens with zero attached hydrogens (tertiary/aromatic N) is 1. The molecule has 0 amide bonds. The van der Waals surface area contributed by atoms with Crippen LogP contribution in [0, 0.1) is 5.92 Å². The van der Waals surface area contributed by atoms with E-state index in [2.05, 4.69) is 62.9 Å². The second-order valence-corrected chi connectivity index (χ2v) is 5.76. The summed E-state index contributed by atoms with van der Waals surface area (Å²) in [6.07, 6.45) is 1.04. The third kappa shape index (κ3) is 4.79. The predicted octanol–water partition coefficient (Wildman–Crippen LogP) is 2.92. The van der Waals surface area contributed by atoms with Crippen molar-refractivity contribution in [3.63, 3.8) is 0 Å². The first kappa shape index (κ1) is 15.2. The van der Waals surface area contributed by atoms with Gasteiger partial charge in [-0.15, -0.1) is 0 Å². The average molecular weight is 248 g/mol. The zero-order valence-electron chi connectivity index (χ0n) is 12.3. The van der Waals surface area contributed by atoms with Crippen LogP contribution in [0.25, 0.3) is 0 Å². The SMILES string of the molecule is CC(C)CN(C(C)C)C(CN)Cc1ccccc1. The molecule has 0 fully saturated rings. The van der Waals surface area contributed by atoms with E-state index in [4.69, 9.17) is 5.73 Å². The molecule has 102 valence electrons. The summed E-state index contributed by atoms with van der Waals surface area (Å²) in [7, 11) is 0. The average Bonchev–Trinajstić information content (AvgIpc) is 2.34. The van der Waals surface area contributed by atoms with Crippen LogP contribution in [0.1, 0.15) is 33.3 Å². The summed E-state index contributed by atoms with van der Waals surface area (Å²) < 4.78 is 0. The first-order valence-corrected chi connectivity index (χ1v) is 7.04. The van der Waals surface area contributed by atoms with Gasteiger partial charge >= 0.3 is 0 Å². The van der Waals surface area contributed by atoms with E-state index in [1.807, 2.05) is 0 Å². The number of benzene rings is 1. The van der Waals surface area contributed by atoms with Crippen LogP contribution >= 0.6 is 0 Å². The molecule has 0 saturated heterocycles. The third-order valence-corrected chi connectivity index (χ3v) is 3.29. The van der Waals surface area contributed by atoms with Crippen molar-refractivity contribution in [2.24, 2.45) is 11.7 Å². The molecule has 1 aromatic rings. The Balaban J connectivity index is 2.73. The Morgan fingerprint density at radius 2 is 1.67 bits per heavy atom. The maximum Gasteiger partial charge on any atom is 0.0261 e. The fourth-order valence-corrected chi connectivity index (χ4v) is 2.43. The van der Waals surface area contributed by atoms with Crippen molar-refractivity contribution in [2.75, 3.05) is 13.1 Å². The van der Waals surface area contributed by atoms with Crippen molar-refractivity contribution in [1.82, 2.24) is 4.90 Å². The van der Waals surface area contributed by atoms with Crippen LogP contribution in [0.3, 0.4) is 0 Å². The summed E-state index contributed by atoms with van der Waals surface area (Å²) in [5.74, 6) is 0.678. The minimum Gasteiger partial charge on any atom is -0.329 e. The molecule has 0 aromatic heterocycles. The van der Waals surface area contributed by atoms with Crippen molar-refractivity contribution in [1.29, 1.82) is 0 Å². The third-order valence-electron chi connectivity index (χ3n) is 3.29. The van der Waals surface area contributed by atoms with E-state index in [1.165, 1.54) is 5.56 Å². The van der Waals surface area contributed by atoms with Crippen LogP contribution in [0.2, 0.25) is 0 Å². The van der Waals surface area contributed by atoms with Gasteiger partial charge in [0, 0.05) is 25.2 Å². The molecule has 0 aliphatic heterocycles. The van der Waals surface area contributed by atoms with Crippen molar-refractivity contribution >= 4 is 0 Å². The van der Waals surface area contributed by atoms with Crippen LogP contribution < -0.4 is 5.73 Å². The molecule has 0 aliphatic rings. The quantitative estimate of drug-likeness (QED) is 0.804. The zero-order valence-corrected chi connectivity index (χ0v) is 12.3. The highest BCUT2D eigenvalue weighted by Crippen LogP contribution is 2.13. The second-order valence-electron chi connectivity index (χ2n) is 5.76. The second kappa shape index (κ2) is 7.55. The van der Waals surface area contributed by atoms with Gasteiger partial charge in [0.1, 0.15) is 0 Å². The summed E-state index contributed by atoms with van der Waals surface area (Å²) in [4.78, 5) is 2.54. The molecule has 2 N–H and O–H groups in total. The van der Waals surface area contributed by atoms with Crippen molar-refractivity contribution in [3.05, 3.63) is 35.9 Å². The van der Waals surface area contributed by atoms with E-state index in [0.29, 0.717) is 18.0 Å². The minimum atomic E-state index is 0.440. The molecular weight excluding hydrogens is 220 g/mol. The molecular formula is C16H28N2. The van der Waals surface area contributed by atoms with Gasteiger partial charge in [0.05, 0.1) is 0 Å². The molecule has 0 radical (unpaired) electrons. The molecule has 0 spiro atoms. The predicted molar refractivity (Wildman–Crippen MR) is 79.7 cm³/mol. The van der Waals surface area contributed by atoms with Crippen LogP contribution in [0.5, 0.6) is 0 Å². The van der Waals surface area contributed by atoms with E-state index in [0.717, 1.165) is 19.5 Å². The first-order chi connectivity index (χ1) is 8.54. The lowest BCUT2D eigenvalue weighted by Crippen LogP contribution is -2.47. The summed E-state index contributed by atoms with van der Waals surface area (Å²) in [5.41, 5.74) is 7.37. The summed E-state index contributed by atoms with van der Waals surface area (Å²) in [5, 5.41) is 0. The van der Waals surface area contributed by atoms with Gasteiger partial charge in [-0.3, -0.25) is 4.90 Å². The number of hydrogen-bond acceptors (Lipinski definition) is 2. The minimum absolute atomic E-state index is 0.440. The molecule has 2 nitrogen and oxygen atoms in total. The number of hydrogen-bond donors (Lipinski definition) is 1. The van der Waals surface area contributed by atoms with Crippen molar-refractivity contribution in [2.45, 2.75) is 46.2 Å². The highest BCUT2D eigenvalue weighted by atomic mass is 15.2. The fraction of sp³-hybridized carbons (Fsp3) is 0.625. The molecule has 0 heterocycles. The largest absolute Gasteiger partial charge is 0.329 e. The lowest BCUT2D eigenvalue weighted by Gasteiger charge is -2.35. The summed E-state index contributed by atoms with van der Waals surface area (Å²) in [6, 6.07) is 11.6. The molecule has 0 bridgehead atoms. The Kier molecular flexibility index (Phi) is 6.37. The highest BCUT2D eigenvalue weighted by Gasteiger charge is 2.20. The van der Waals surface area contributed by atoms with Gasteiger partial charge < -0.3 is 5.73 Å². The van der Waals surface area contributed by atoms with Crippen LogP contribution in [-0.4, -0.2) is 30.1 Å². The van der Waals surface area contributed by atoms with Gasteiger partial charge in [-0.05, 0) is 31.7 Å². The van der Waals surface area contributed by atoms with Gasteiger partial charge in [0.2, 0.25) is 0 Å². The Morgan fingerprint density at radius 3 is 2.11 bits per heavy atom. The van der Waals surface area contributed by atoms with Crippen LogP contribution in [-0.2, 0) is 6.42 Å². The Labute approximate surface area is 112 Å². The van der Waals surface area contributed by atoms with Crippen LogP contribution in [0.4, 0.5) is 0 Å². The van der Waals surface area contributed by atoms with E-state index < -0.39 is 0 Å². The lowest BCUT2D eigenvalue weighted by molar-refractivity contribution is 0.137. The monoisotopic (exact) mass is 248 g/mol. The van der Waals surface area contributed by atoms with Crippen LogP contribution in [0.15, 0.2) is 30.3 Å². The van der Waals surface area contributed by atoms with Crippen molar-refractivity contribution in [3.8, 4) is 0 Å². The molecule has 0 aliphatic carbocycles. The topological polar surface area (TPSA) is 29.3 Å². The number of rotatable bonds is 7. The van der Waals surface area contributed by atoms with E-state index >= 15 is 0 Å². The van der Waals surface area contributed by atoms with E-state index in [1.54, 1.807) is 0 Å². The first-order valence-electron chi connectivity index (χ1n) is 7.04. The van der Waals surface area contributed by atoms with Crippen molar-refractivity contribution < 1.29 is 0 Å². The standard InChI is InChI=1S/C16H28N2/c1-13(2)12-18(14(3)4)16(11-17)10-15-8-6-5-7-9-15/h5-9,13-14,16H,10-12,17H2,1-4H3. The maximum atomic E-state index is 5.99. The molecule has 1 rings (SSSR count). The summed E-state index contributed by atoms with van der Waals surface area (Å²) >= 11 is 0.